The van der Waals surface area contributed by atoms with Crippen LogP contribution in [0.5, 0.6) is 5.75 Å². The van der Waals surface area contributed by atoms with E-state index in [1.807, 2.05) is 12.1 Å². The van der Waals surface area contributed by atoms with Crippen molar-refractivity contribution in [2.75, 3.05) is 20.3 Å². The molecule has 1 rings (SSSR count). The third kappa shape index (κ3) is 5.61. The van der Waals surface area contributed by atoms with Gasteiger partial charge < -0.3 is 14.8 Å². The van der Waals surface area contributed by atoms with Crippen molar-refractivity contribution in [2.45, 2.75) is 39.2 Å². The van der Waals surface area contributed by atoms with Crippen molar-refractivity contribution in [1.29, 1.82) is 0 Å². The van der Waals surface area contributed by atoms with Crippen LogP contribution in [0.2, 0.25) is 0 Å². The van der Waals surface area contributed by atoms with Gasteiger partial charge in [0.25, 0.3) is 0 Å². The van der Waals surface area contributed by atoms with Crippen LogP contribution in [0.1, 0.15) is 32.3 Å². The van der Waals surface area contributed by atoms with E-state index in [1.54, 1.807) is 0 Å². The number of esters is 1. The van der Waals surface area contributed by atoms with E-state index in [-0.39, 0.29) is 12.6 Å². The number of ether oxygens (including phenoxy) is 2. The highest BCUT2D eigenvalue weighted by Crippen LogP contribution is 2.13. The average Bonchev–Trinajstić information content (AvgIpc) is 2.48. The summed E-state index contributed by atoms with van der Waals surface area (Å²) in [6.45, 7) is 5.25. The number of benzene rings is 1. The smallest absolute Gasteiger partial charge is 0.326 e. The molecule has 1 atom stereocenters. The first-order chi connectivity index (χ1) is 9.71. The number of aryl methyl sites for hydroxylation is 1. The lowest BCUT2D eigenvalue weighted by Gasteiger charge is -2.17. The molecule has 0 amide bonds. The van der Waals surface area contributed by atoms with E-state index >= 15 is 0 Å². The molecule has 4 heteroatoms. The van der Waals surface area contributed by atoms with Gasteiger partial charge in [-0.25, -0.2) is 0 Å². The Morgan fingerprint density at radius 2 is 1.90 bits per heavy atom. The van der Waals surface area contributed by atoms with Crippen LogP contribution in [0.15, 0.2) is 24.3 Å². The maximum Gasteiger partial charge on any atom is 0.326 e. The second kappa shape index (κ2) is 9.37. The Morgan fingerprint density at radius 3 is 2.45 bits per heavy atom. The van der Waals surface area contributed by atoms with Crippen LogP contribution in [0.4, 0.5) is 0 Å². The molecule has 0 bridgehead atoms. The molecule has 20 heavy (non-hydrogen) atoms. The van der Waals surface area contributed by atoms with Gasteiger partial charge in [-0.1, -0.05) is 32.4 Å². The summed E-state index contributed by atoms with van der Waals surface area (Å²) in [5.74, 6) is 0.484. The van der Waals surface area contributed by atoms with Crippen molar-refractivity contribution >= 4 is 5.97 Å². The minimum atomic E-state index is -0.421. The Hall–Kier alpha value is -1.55. The number of carbonyl (C=O) groups excluding carboxylic acids is 1. The van der Waals surface area contributed by atoms with Crippen LogP contribution in [0, 0.1) is 0 Å². The average molecular weight is 279 g/mol. The molecule has 0 radical (unpaired) electrons. The second-order valence-corrected chi connectivity index (χ2v) is 4.73. The highest BCUT2D eigenvalue weighted by Gasteiger charge is 2.18. The summed E-state index contributed by atoms with van der Waals surface area (Å²) in [5.41, 5.74) is 1.30. The SMILES string of the molecule is CCCNC(COc1ccc(CCC)cc1)C(=O)OC. The van der Waals surface area contributed by atoms with Crippen molar-refractivity contribution in [3.8, 4) is 5.75 Å². The van der Waals surface area contributed by atoms with Gasteiger partial charge in [0, 0.05) is 0 Å². The summed E-state index contributed by atoms with van der Waals surface area (Å²) in [6.07, 6.45) is 3.16. The third-order valence-corrected chi connectivity index (χ3v) is 3.01. The summed E-state index contributed by atoms with van der Waals surface area (Å²) in [6, 6.07) is 7.59. The highest BCUT2D eigenvalue weighted by atomic mass is 16.5. The number of rotatable bonds is 9. The van der Waals surface area contributed by atoms with Crippen LogP contribution in [0.25, 0.3) is 0 Å². The van der Waals surface area contributed by atoms with Gasteiger partial charge in [-0.05, 0) is 37.1 Å². The Labute approximate surface area is 121 Å². The topological polar surface area (TPSA) is 47.6 Å². The van der Waals surface area contributed by atoms with E-state index in [0.717, 1.165) is 31.6 Å². The monoisotopic (exact) mass is 279 g/mol. The first-order valence-electron chi connectivity index (χ1n) is 7.24. The maximum absolute atomic E-state index is 11.6. The van der Waals surface area contributed by atoms with Crippen LogP contribution in [0.3, 0.4) is 0 Å². The molecule has 0 aliphatic heterocycles. The summed E-state index contributed by atoms with van der Waals surface area (Å²) in [4.78, 5) is 11.6. The third-order valence-electron chi connectivity index (χ3n) is 3.01. The predicted molar refractivity (Wildman–Crippen MR) is 80.0 cm³/mol. The lowest BCUT2D eigenvalue weighted by atomic mass is 10.1. The highest BCUT2D eigenvalue weighted by molar-refractivity contribution is 5.75. The van der Waals surface area contributed by atoms with Crippen molar-refractivity contribution in [1.82, 2.24) is 5.32 Å². The van der Waals surface area contributed by atoms with E-state index in [4.69, 9.17) is 9.47 Å². The van der Waals surface area contributed by atoms with E-state index in [1.165, 1.54) is 12.7 Å². The number of hydrogen-bond acceptors (Lipinski definition) is 4. The number of methoxy groups -OCH3 is 1. The van der Waals surface area contributed by atoms with E-state index in [9.17, 15) is 4.79 Å². The minimum absolute atomic E-state index is 0.278. The lowest BCUT2D eigenvalue weighted by Crippen LogP contribution is -2.42. The molecule has 0 heterocycles. The molecular formula is C16H25NO3. The summed E-state index contributed by atoms with van der Waals surface area (Å²) in [7, 11) is 1.39. The molecule has 1 aromatic rings. The van der Waals surface area contributed by atoms with Gasteiger partial charge in [0.2, 0.25) is 0 Å². The molecule has 0 fully saturated rings. The fourth-order valence-electron chi connectivity index (χ4n) is 1.89. The quantitative estimate of drug-likeness (QED) is 0.706. The summed E-state index contributed by atoms with van der Waals surface area (Å²) >= 11 is 0. The van der Waals surface area contributed by atoms with Gasteiger partial charge in [-0.3, -0.25) is 4.79 Å². The van der Waals surface area contributed by atoms with E-state index in [2.05, 4.69) is 31.3 Å². The molecule has 1 N–H and O–H groups in total. The zero-order chi connectivity index (χ0) is 14.8. The Morgan fingerprint density at radius 1 is 1.20 bits per heavy atom. The molecular weight excluding hydrogens is 254 g/mol. The standard InChI is InChI=1S/C16H25NO3/c1-4-6-13-7-9-14(10-8-13)20-12-15(16(18)19-3)17-11-5-2/h7-10,15,17H,4-6,11-12H2,1-3H3. The number of hydrogen-bond donors (Lipinski definition) is 1. The van der Waals surface area contributed by atoms with Crippen molar-refractivity contribution in [3.05, 3.63) is 29.8 Å². The van der Waals surface area contributed by atoms with Gasteiger partial charge in [0.15, 0.2) is 0 Å². The maximum atomic E-state index is 11.6. The van der Waals surface area contributed by atoms with Crippen LogP contribution in [-0.2, 0) is 16.0 Å². The molecule has 0 aromatic heterocycles. The van der Waals surface area contributed by atoms with Crippen molar-refractivity contribution in [3.63, 3.8) is 0 Å². The molecule has 112 valence electrons. The second-order valence-electron chi connectivity index (χ2n) is 4.73. The fraction of sp³-hybridized carbons (Fsp3) is 0.562. The first-order valence-corrected chi connectivity index (χ1v) is 7.24. The van der Waals surface area contributed by atoms with Crippen LogP contribution in [-0.4, -0.2) is 32.3 Å². The predicted octanol–water partition coefficient (Wildman–Crippen LogP) is 2.56. The van der Waals surface area contributed by atoms with E-state index < -0.39 is 6.04 Å². The Kier molecular flexibility index (Phi) is 7.73. The molecule has 1 unspecified atom stereocenters. The van der Waals surface area contributed by atoms with Crippen LogP contribution >= 0.6 is 0 Å². The summed E-state index contributed by atoms with van der Waals surface area (Å²) in [5, 5.41) is 3.12. The zero-order valence-electron chi connectivity index (χ0n) is 12.6. The lowest BCUT2D eigenvalue weighted by molar-refractivity contribution is -0.143. The molecule has 0 saturated carbocycles. The van der Waals surface area contributed by atoms with Gasteiger partial charge in [0.1, 0.15) is 18.4 Å². The molecule has 0 spiro atoms. The van der Waals surface area contributed by atoms with Crippen molar-refractivity contribution in [2.24, 2.45) is 0 Å². The molecule has 4 nitrogen and oxygen atoms in total. The van der Waals surface area contributed by atoms with Crippen molar-refractivity contribution < 1.29 is 14.3 Å². The number of carbonyl (C=O) groups is 1. The Balaban J connectivity index is 2.50. The largest absolute Gasteiger partial charge is 0.491 e. The minimum Gasteiger partial charge on any atom is -0.491 e. The first kappa shape index (κ1) is 16.5. The molecule has 0 saturated heterocycles. The molecule has 0 aliphatic rings. The van der Waals surface area contributed by atoms with E-state index in [0.29, 0.717) is 0 Å². The van der Waals surface area contributed by atoms with Gasteiger partial charge in [-0.15, -0.1) is 0 Å². The number of nitrogens with one attached hydrogen (secondary N) is 1. The Bertz CT molecular complexity index is 389. The zero-order valence-corrected chi connectivity index (χ0v) is 12.6. The molecule has 0 aliphatic carbocycles. The van der Waals surface area contributed by atoms with Gasteiger partial charge in [-0.2, -0.15) is 0 Å². The molecule has 1 aromatic carbocycles. The normalized spacial score (nSPS) is 11.9. The van der Waals surface area contributed by atoms with Crippen LogP contribution < -0.4 is 10.1 Å². The summed E-state index contributed by atoms with van der Waals surface area (Å²) < 4.78 is 10.4. The van der Waals surface area contributed by atoms with Gasteiger partial charge >= 0.3 is 5.97 Å². The van der Waals surface area contributed by atoms with Gasteiger partial charge in [0.05, 0.1) is 7.11 Å². The fourth-order valence-corrected chi connectivity index (χ4v) is 1.89.